The molecule has 176 valence electrons. The van der Waals surface area contributed by atoms with Crippen LogP contribution in [0.25, 0.3) is 11.3 Å². The van der Waals surface area contributed by atoms with Gasteiger partial charge >= 0.3 is 6.03 Å². The predicted octanol–water partition coefficient (Wildman–Crippen LogP) is 4.39. The molecule has 0 unspecified atom stereocenters. The van der Waals surface area contributed by atoms with Gasteiger partial charge in [-0.1, -0.05) is 12.1 Å². The molecule has 2 amide bonds. The van der Waals surface area contributed by atoms with E-state index in [2.05, 4.69) is 49.8 Å². The molecule has 1 atom stereocenters. The van der Waals surface area contributed by atoms with Gasteiger partial charge in [0.25, 0.3) is 0 Å². The molecule has 3 aromatic rings. The largest absolute Gasteiger partial charge is 0.481 e. The maximum absolute atomic E-state index is 13.4. The smallest absolute Gasteiger partial charge is 0.328 e. The highest BCUT2D eigenvalue weighted by Crippen LogP contribution is 2.34. The van der Waals surface area contributed by atoms with Crippen molar-refractivity contribution in [3.63, 3.8) is 0 Å². The van der Waals surface area contributed by atoms with Gasteiger partial charge in [-0.3, -0.25) is 10.2 Å². The molecule has 0 saturated carbocycles. The third kappa shape index (κ3) is 4.46. The van der Waals surface area contributed by atoms with Crippen LogP contribution >= 0.6 is 0 Å². The lowest BCUT2D eigenvalue weighted by Gasteiger charge is -2.27. The maximum atomic E-state index is 13.4. The third-order valence-corrected chi connectivity index (χ3v) is 6.34. The minimum absolute atomic E-state index is 0.0591. The Labute approximate surface area is 199 Å². The van der Waals surface area contributed by atoms with Gasteiger partial charge in [-0.25, -0.2) is 19.7 Å². The van der Waals surface area contributed by atoms with Gasteiger partial charge in [0.15, 0.2) is 5.82 Å². The number of nitrogens with one attached hydrogen (secondary N) is 2. The Kier molecular flexibility index (Phi) is 6.16. The van der Waals surface area contributed by atoms with E-state index in [1.165, 1.54) is 32.0 Å². The zero-order valence-electron chi connectivity index (χ0n) is 19.5. The normalized spacial score (nSPS) is 17.5. The number of ether oxygens (including phenoxy) is 1. The molecular weight excluding hydrogens is 430 g/mol. The van der Waals surface area contributed by atoms with Crippen molar-refractivity contribution in [2.75, 3.05) is 47.2 Å². The van der Waals surface area contributed by atoms with E-state index in [0.29, 0.717) is 17.5 Å². The van der Waals surface area contributed by atoms with Crippen molar-refractivity contribution in [3.8, 4) is 17.1 Å². The van der Waals surface area contributed by atoms with Crippen molar-refractivity contribution in [2.45, 2.75) is 32.2 Å². The summed E-state index contributed by atoms with van der Waals surface area (Å²) in [5.74, 6) is 1.36. The zero-order valence-corrected chi connectivity index (χ0v) is 19.5. The van der Waals surface area contributed by atoms with E-state index in [1.54, 1.807) is 11.0 Å². The number of carbonyl (C=O) groups is 1. The van der Waals surface area contributed by atoms with Crippen LogP contribution in [-0.4, -0.2) is 53.8 Å². The van der Waals surface area contributed by atoms with Crippen LogP contribution in [-0.2, 0) is 0 Å². The SMILES string of the molecule is COc1cc(NC(=O)N2c3nc(-c4cccc(N5CCCC5)c4)ccc3NCC[C@H]2C)ncn1. The Morgan fingerprint density at radius 3 is 2.82 bits per heavy atom. The van der Waals surface area contributed by atoms with Gasteiger partial charge in [-0.2, -0.15) is 0 Å². The molecule has 9 nitrogen and oxygen atoms in total. The fourth-order valence-corrected chi connectivity index (χ4v) is 4.51. The Balaban J connectivity index is 1.48. The van der Waals surface area contributed by atoms with Gasteiger partial charge in [0.05, 0.1) is 18.5 Å². The second-order valence-corrected chi connectivity index (χ2v) is 8.62. The van der Waals surface area contributed by atoms with Gasteiger partial charge in [0, 0.05) is 43.0 Å². The summed E-state index contributed by atoms with van der Waals surface area (Å²) in [6.45, 7) is 4.96. The molecule has 4 heterocycles. The summed E-state index contributed by atoms with van der Waals surface area (Å²) in [4.78, 5) is 30.6. The number of urea groups is 1. The summed E-state index contributed by atoms with van der Waals surface area (Å²) in [5, 5.41) is 6.29. The molecule has 1 fully saturated rings. The van der Waals surface area contributed by atoms with E-state index in [4.69, 9.17) is 9.72 Å². The molecule has 1 saturated heterocycles. The second-order valence-electron chi connectivity index (χ2n) is 8.62. The van der Waals surface area contributed by atoms with E-state index >= 15 is 0 Å². The number of benzene rings is 1. The van der Waals surface area contributed by atoms with Crippen LogP contribution in [0.3, 0.4) is 0 Å². The second kappa shape index (κ2) is 9.54. The van der Waals surface area contributed by atoms with E-state index in [0.717, 1.165) is 43.0 Å². The highest BCUT2D eigenvalue weighted by molar-refractivity contribution is 6.03. The molecule has 0 radical (unpaired) electrons. The number of fused-ring (bicyclic) bond motifs is 1. The van der Waals surface area contributed by atoms with Crippen LogP contribution < -0.4 is 25.2 Å². The van der Waals surface area contributed by atoms with Crippen LogP contribution in [0.4, 0.5) is 27.8 Å². The number of hydrogen-bond donors (Lipinski definition) is 2. The van der Waals surface area contributed by atoms with Crippen molar-refractivity contribution < 1.29 is 9.53 Å². The topological polar surface area (TPSA) is 95.5 Å². The first-order chi connectivity index (χ1) is 16.6. The average molecular weight is 460 g/mol. The first kappa shape index (κ1) is 21.9. The quantitative estimate of drug-likeness (QED) is 0.597. The molecule has 2 N–H and O–H groups in total. The van der Waals surface area contributed by atoms with Crippen LogP contribution in [0.15, 0.2) is 48.8 Å². The molecule has 1 aromatic carbocycles. The van der Waals surface area contributed by atoms with Crippen molar-refractivity contribution >= 4 is 29.0 Å². The molecule has 0 aliphatic carbocycles. The molecule has 5 rings (SSSR count). The zero-order chi connectivity index (χ0) is 23.5. The minimum atomic E-state index is -0.298. The highest BCUT2D eigenvalue weighted by Gasteiger charge is 2.29. The number of amides is 2. The molecular formula is C25H29N7O2. The summed E-state index contributed by atoms with van der Waals surface area (Å²) in [7, 11) is 1.52. The molecule has 0 bridgehead atoms. The van der Waals surface area contributed by atoms with E-state index in [9.17, 15) is 4.79 Å². The van der Waals surface area contributed by atoms with Crippen molar-refractivity contribution in [1.82, 2.24) is 15.0 Å². The monoisotopic (exact) mass is 459 g/mol. The molecule has 2 aliphatic heterocycles. The standard InChI is InChI=1S/C25H29N7O2/c1-17-10-11-26-21-9-8-20(18-6-5-7-19(14-18)31-12-3-4-13-31)29-24(21)32(17)25(33)30-22-15-23(34-2)28-16-27-22/h5-9,14-17,26H,3-4,10-13H2,1-2H3,(H,27,28,30,33)/t17-/m1/s1. The average Bonchev–Trinajstić information content (AvgIpc) is 3.35. The Bertz CT molecular complexity index is 1180. The lowest BCUT2D eigenvalue weighted by molar-refractivity contribution is 0.255. The van der Waals surface area contributed by atoms with Gasteiger partial charge in [0.1, 0.15) is 12.1 Å². The Morgan fingerprint density at radius 1 is 1.15 bits per heavy atom. The number of nitrogens with zero attached hydrogens (tertiary/aromatic N) is 5. The summed E-state index contributed by atoms with van der Waals surface area (Å²) < 4.78 is 5.15. The summed E-state index contributed by atoms with van der Waals surface area (Å²) >= 11 is 0. The third-order valence-electron chi connectivity index (χ3n) is 6.34. The number of rotatable bonds is 4. The summed E-state index contributed by atoms with van der Waals surface area (Å²) in [5.41, 5.74) is 3.91. The van der Waals surface area contributed by atoms with E-state index < -0.39 is 0 Å². The first-order valence-corrected chi connectivity index (χ1v) is 11.7. The number of methoxy groups -OCH3 is 1. The number of aromatic nitrogens is 3. The lowest BCUT2D eigenvalue weighted by atomic mass is 10.1. The first-order valence-electron chi connectivity index (χ1n) is 11.7. The van der Waals surface area contributed by atoms with Crippen LogP contribution in [0.2, 0.25) is 0 Å². The Morgan fingerprint density at radius 2 is 2.00 bits per heavy atom. The fraction of sp³-hybridized carbons (Fsp3) is 0.360. The van der Waals surface area contributed by atoms with Gasteiger partial charge in [-0.15, -0.1) is 0 Å². The number of pyridine rings is 1. The van der Waals surface area contributed by atoms with Crippen molar-refractivity contribution in [1.29, 1.82) is 0 Å². The van der Waals surface area contributed by atoms with Crippen molar-refractivity contribution in [2.24, 2.45) is 0 Å². The predicted molar refractivity (Wildman–Crippen MR) is 134 cm³/mol. The van der Waals surface area contributed by atoms with Crippen LogP contribution in [0.5, 0.6) is 5.88 Å². The van der Waals surface area contributed by atoms with Gasteiger partial charge < -0.3 is 15.0 Å². The van der Waals surface area contributed by atoms with Gasteiger partial charge in [-0.05, 0) is 50.5 Å². The summed E-state index contributed by atoms with van der Waals surface area (Å²) in [6, 6.07) is 13.7. The minimum Gasteiger partial charge on any atom is -0.481 e. The summed E-state index contributed by atoms with van der Waals surface area (Å²) in [6.07, 6.45) is 4.61. The van der Waals surface area contributed by atoms with Crippen LogP contribution in [0, 0.1) is 0 Å². The van der Waals surface area contributed by atoms with Gasteiger partial charge in [0.2, 0.25) is 5.88 Å². The highest BCUT2D eigenvalue weighted by atomic mass is 16.5. The maximum Gasteiger partial charge on any atom is 0.328 e. The van der Waals surface area contributed by atoms with Crippen LogP contribution in [0.1, 0.15) is 26.2 Å². The number of anilines is 4. The molecule has 34 heavy (non-hydrogen) atoms. The molecule has 2 aliphatic rings. The fourth-order valence-electron chi connectivity index (χ4n) is 4.51. The van der Waals surface area contributed by atoms with Crippen molar-refractivity contribution in [3.05, 3.63) is 48.8 Å². The molecule has 9 heteroatoms. The number of hydrogen-bond acceptors (Lipinski definition) is 7. The molecule has 0 spiro atoms. The molecule has 2 aromatic heterocycles. The Hall–Kier alpha value is -3.88. The van der Waals surface area contributed by atoms with E-state index in [-0.39, 0.29) is 12.1 Å². The number of carbonyl (C=O) groups excluding carboxylic acids is 1. The van der Waals surface area contributed by atoms with E-state index in [1.807, 2.05) is 19.1 Å². The lowest BCUT2D eigenvalue weighted by Crippen LogP contribution is -2.42.